The van der Waals surface area contributed by atoms with Gasteiger partial charge in [0.05, 0.1) is 11.6 Å². The second-order valence-corrected chi connectivity index (χ2v) is 6.71. The van der Waals surface area contributed by atoms with Crippen LogP contribution in [0.1, 0.15) is 16.7 Å². The van der Waals surface area contributed by atoms with Crippen LogP contribution < -0.4 is 4.90 Å². The number of aromatic nitrogens is 2. The van der Waals surface area contributed by atoms with Gasteiger partial charge in [-0.15, -0.1) is 0 Å². The molecule has 5 nitrogen and oxygen atoms in total. The van der Waals surface area contributed by atoms with E-state index in [0.29, 0.717) is 5.56 Å². The minimum Gasteiger partial charge on any atom is -0.354 e. The average molecular weight is 339 g/mol. The molecule has 124 valence electrons. The van der Waals surface area contributed by atoms with Crippen LogP contribution >= 0.6 is 11.8 Å². The van der Waals surface area contributed by atoms with Crippen molar-refractivity contribution >= 4 is 17.6 Å². The molecule has 0 spiro atoms. The van der Waals surface area contributed by atoms with Gasteiger partial charge in [-0.3, -0.25) is 4.90 Å². The van der Waals surface area contributed by atoms with Gasteiger partial charge in [-0.1, -0.05) is 23.9 Å². The first-order chi connectivity index (χ1) is 11.7. The Hall–Kier alpha value is -2.10. The van der Waals surface area contributed by atoms with E-state index in [2.05, 4.69) is 32.8 Å². The van der Waals surface area contributed by atoms with Gasteiger partial charge >= 0.3 is 0 Å². The first-order valence-corrected chi connectivity index (χ1v) is 9.26. The fraction of sp³-hybridized carbons (Fsp3) is 0.389. The van der Waals surface area contributed by atoms with Crippen LogP contribution in [-0.4, -0.2) is 47.3 Å². The molecule has 1 saturated heterocycles. The molecule has 0 amide bonds. The lowest BCUT2D eigenvalue weighted by molar-refractivity contribution is 0.249. The van der Waals surface area contributed by atoms with Crippen molar-refractivity contribution in [2.45, 2.75) is 18.6 Å². The number of benzene rings is 1. The fourth-order valence-corrected chi connectivity index (χ4v) is 3.23. The number of nitriles is 1. The van der Waals surface area contributed by atoms with E-state index in [0.717, 1.165) is 49.3 Å². The van der Waals surface area contributed by atoms with Crippen molar-refractivity contribution in [1.82, 2.24) is 14.9 Å². The van der Waals surface area contributed by atoms with E-state index in [9.17, 15) is 0 Å². The van der Waals surface area contributed by atoms with Crippen molar-refractivity contribution in [3.63, 3.8) is 0 Å². The van der Waals surface area contributed by atoms with Crippen LogP contribution in [0.2, 0.25) is 0 Å². The lowest BCUT2D eigenvalue weighted by Gasteiger charge is -2.36. The van der Waals surface area contributed by atoms with E-state index in [1.54, 1.807) is 11.8 Å². The number of hydrogen-bond donors (Lipinski definition) is 0. The highest BCUT2D eigenvalue weighted by molar-refractivity contribution is 7.98. The minimum atomic E-state index is 0.715. The summed E-state index contributed by atoms with van der Waals surface area (Å²) >= 11 is 1.58. The van der Waals surface area contributed by atoms with E-state index in [4.69, 9.17) is 5.26 Å². The average Bonchev–Trinajstić information content (AvgIpc) is 2.63. The van der Waals surface area contributed by atoms with E-state index >= 15 is 0 Å². The molecule has 2 aromatic rings. The largest absolute Gasteiger partial charge is 0.354 e. The van der Waals surface area contributed by atoms with Crippen LogP contribution in [0.25, 0.3) is 0 Å². The monoisotopic (exact) mass is 339 g/mol. The van der Waals surface area contributed by atoms with E-state index in [1.165, 1.54) is 5.56 Å². The van der Waals surface area contributed by atoms with E-state index in [-0.39, 0.29) is 0 Å². The highest BCUT2D eigenvalue weighted by Gasteiger charge is 2.20. The molecule has 1 fully saturated rings. The standard InChI is InChI=1S/C18H21N5S/c1-14-12-20-18(24-2)21-17(14)23-9-7-22(8-10-23)13-16-5-3-15(11-19)4-6-16/h3-6,12H,7-10,13H2,1-2H3. The molecule has 0 unspecified atom stereocenters. The van der Waals surface area contributed by atoms with Crippen molar-refractivity contribution in [1.29, 1.82) is 5.26 Å². The number of piperazine rings is 1. The molecule has 24 heavy (non-hydrogen) atoms. The molecule has 6 heteroatoms. The highest BCUT2D eigenvalue weighted by Crippen LogP contribution is 2.21. The summed E-state index contributed by atoms with van der Waals surface area (Å²) in [6.07, 6.45) is 3.92. The normalized spacial score (nSPS) is 15.3. The quantitative estimate of drug-likeness (QED) is 0.630. The first kappa shape index (κ1) is 16.7. The van der Waals surface area contributed by atoms with Gasteiger partial charge < -0.3 is 4.90 Å². The van der Waals surface area contributed by atoms with Crippen LogP contribution in [0.5, 0.6) is 0 Å². The number of aryl methyl sites for hydroxylation is 1. The molecule has 2 heterocycles. The summed E-state index contributed by atoms with van der Waals surface area (Å²) in [5.41, 5.74) is 3.10. The van der Waals surface area contributed by atoms with Crippen molar-refractivity contribution in [3.8, 4) is 6.07 Å². The molecule has 1 aromatic heterocycles. The Morgan fingerprint density at radius 2 is 1.88 bits per heavy atom. The summed E-state index contributed by atoms with van der Waals surface area (Å²) in [7, 11) is 0. The lowest BCUT2D eigenvalue weighted by atomic mass is 10.1. The third-order valence-corrected chi connectivity index (χ3v) is 4.83. The minimum absolute atomic E-state index is 0.715. The molecule has 0 atom stereocenters. The van der Waals surface area contributed by atoms with Crippen molar-refractivity contribution in [2.24, 2.45) is 0 Å². The Kier molecular flexibility index (Phi) is 5.34. The molecule has 0 N–H and O–H groups in total. The summed E-state index contributed by atoms with van der Waals surface area (Å²) < 4.78 is 0. The smallest absolute Gasteiger partial charge is 0.189 e. The van der Waals surface area contributed by atoms with Gasteiger partial charge in [-0.25, -0.2) is 9.97 Å². The number of nitrogens with zero attached hydrogens (tertiary/aromatic N) is 5. The zero-order valence-electron chi connectivity index (χ0n) is 14.1. The Bertz CT molecular complexity index is 730. The van der Waals surface area contributed by atoms with Gasteiger partial charge in [-0.2, -0.15) is 5.26 Å². The molecule has 0 aliphatic carbocycles. The predicted octanol–water partition coefficient (Wildman–Crippen LogP) is 2.70. The summed E-state index contributed by atoms with van der Waals surface area (Å²) in [6.45, 7) is 6.97. The van der Waals surface area contributed by atoms with E-state index in [1.807, 2.05) is 36.7 Å². The maximum absolute atomic E-state index is 8.87. The fourth-order valence-electron chi connectivity index (χ4n) is 2.90. The first-order valence-electron chi connectivity index (χ1n) is 8.03. The Morgan fingerprint density at radius 3 is 2.50 bits per heavy atom. The number of hydrogen-bond acceptors (Lipinski definition) is 6. The summed E-state index contributed by atoms with van der Waals surface area (Å²) in [5.74, 6) is 1.06. The Morgan fingerprint density at radius 1 is 1.17 bits per heavy atom. The van der Waals surface area contributed by atoms with Crippen LogP contribution in [0.3, 0.4) is 0 Å². The van der Waals surface area contributed by atoms with Crippen LogP contribution in [-0.2, 0) is 6.54 Å². The third kappa shape index (κ3) is 3.86. The zero-order valence-corrected chi connectivity index (χ0v) is 14.9. The highest BCUT2D eigenvalue weighted by atomic mass is 32.2. The lowest BCUT2D eigenvalue weighted by Crippen LogP contribution is -2.46. The Labute approximate surface area is 147 Å². The maximum Gasteiger partial charge on any atom is 0.189 e. The second-order valence-electron chi connectivity index (χ2n) is 5.94. The summed E-state index contributed by atoms with van der Waals surface area (Å²) in [6, 6.07) is 10.0. The molecule has 1 aliphatic rings. The summed E-state index contributed by atoms with van der Waals surface area (Å²) in [5, 5.41) is 9.70. The second kappa shape index (κ2) is 7.65. The SMILES string of the molecule is CSc1ncc(C)c(N2CCN(Cc3ccc(C#N)cc3)CC2)n1. The molecule has 0 saturated carbocycles. The van der Waals surface area contributed by atoms with Gasteiger partial charge in [0.1, 0.15) is 5.82 Å². The van der Waals surface area contributed by atoms with Crippen LogP contribution in [0, 0.1) is 18.3 Å². The van der Waals surface area contributed by atoms with Crippen LogP contribution in [0.15, 0.2) is 35.6 Å². The topological polar surface area (TPSA) is 56.1 Å². The van der Waals surface area contributed by atoms with Gasteiger partial charge in [0.2, 0.25) is 0 Å². The van der Waals surface area contributed by atoms with Crippen molar-refractivity contribution in [3.05, 3.63) is 47.2 Å². The molecular formula is C18H21N5S. The van der Waals surface area contributed by atoms with Gasteiger partial charge in [-0.05, 0) is 30.9 Å². The Balaban J connectivity index is 1.60. The molecule has 1 aromatic carbocycles. The molecule has 1 aliphatic heterocycles. The van der Waals surface area contributed by atoms with Gasteiger partial charge in [0.15, 0.2) is 5.16 Å². The van der Waals surface area contributed by atoms with Crippen LogP contribution in [0.4, 0.5) is 5.82 Å². The predicted molar refractivity (Wildman–Crippen MR) is 97.2 cm³/mol. The molecule has 0 radical (unpaired) electrons. The van der Waals surface area contributed by atoms with Crippen molar-refractivity contribution in [2.75, 3.05) is 37.3 Å². The molecule has 3 rings (SSSR count). The number of rotatable bonds is 4. The third-order valence-electron chi connectivity index (χ3n) is 4.27. The summed E-state index contributed by atoms with van der Waals surface area (Å²) in [4.78, 5) is 13.8. The molecular weight excluding hydrogens is 318 g/mol. The zero-order chi connectivity index (χ0) is 16.9. The molecule has 0 bridgehead atoms. The van der Waals surface area contributed by atoms with E-state index < -0.39 is 0 Å². The number of anilines is 1. The van der Waals surface area contributed by atoms with Gasteiger partial charge in [0, 0.05) is 44.5 Å². The van der Waals surface area contributed by atoms with Gasteiger partial charge in [0.25, 0.3) is 0 Å². The maximum atomic E-state index is 8.87. The number of thioether (sulfide) groups is 1. The van der Waals surface area contributed by atoms with Crippen molar-refractivity contribution < 1.29 is 0 Å².